The fraction of sp³-hybridized carbons (Fsp3) is 0.200. The van der Waals surface area contributed by atoms with Gasteiger partial charge in [-0.2, -0.15) is 0 Å². The summed E-state index contributed by atoms with van der Waals surface area (Å²) < 4.78 is 0.823. The molecule has 2 N–H and O–H groups in total. The number of hydrogen-bond acceptors (Lipinski definition) is 7. The average Bonchev–Trinajstić information content (AvgIpc) is 3.15. The first-order valence-electron chi connectivity index (χ1n) is 8.94. The Morgan fingerprint density at radius 1 is 1.14 bits per heavy atom. The SMILES string of the molecule is CCc1ccccc1Nc1nnc(SCc2nc3c(C)cccc3c(=O)[nH]2)s1. The molecule has 0 saturated heterocycles. The number of fused-ring (bicyclic) bond motifs is 1. The van der Waals surface area contributed by atoms with Gasteiger partial charge in [-0.25, -0.2) is 4.98 Å². The molecule has 4 aromatic rings. The summed E-state index contributed by atoms with van der Waals surface area (Å²) in [6.07, 6.45) is 0.948. The molecule has 8 heteroatoms. The second-order valence-electron chi connectivity index (χ2n) is 6.28. The highest BCUT2D eigenvalue weighted by Crippen LogP contribution is 2.30. The highest BCUT2D eigenvalue weighted by Gasteiger charge is 2.10. The van der Waals surface area contributed by atoms with Crippen molar-refractivity contribution in [2.24, 2.45) is 0 Å². The summed E-state index contributed by atoms with van der Waals surface area (Å²) in [6, 6.07) is 13.8. The van der Waals surface area contributed by atoms with Gasteiger partial charge in [0.1, 0.15) is 5.82 Å². The largest absolute Gasteiger partial charge is 0.330 e. The maximum Gasteiger partial charge on any atom is 0.258 e. The quantitative estimate of drug-likeness (QED) is 0.450. The molecular formula is C20H19N5OS2. The van der Waals surface area contributed by atoms with Gasteiger partial charge in [0.2, 0.25) is 5.13 Å². The van der Waals surface area contributed by atoms with Crippen LogP contribution in [0.2, 0.25) is 0 Å². The van der Waals surface area contributed by atoms with E-state index in [0.717, 1.165) is 32.7 Å². The van der Waals surface area contributed by atoms with Crippen LogP contribution >= 0.6 is 23.1 Å². The number of para-hydroxylation sites is 2. The Morgan fingerprint density at radius 2 is 2.00 bits per heavy atom. The van der Waals surface area contributed by atoms with Gasteiger partial charge < -0.3 is 10.3 Å². The minimum atomic E-state index is -0.111. The van der Waals surface area contributed by atoms with Crippen LogP contribution < -0.4 is 10.9 Å². The number of nitrogens with zero attached hydrogens (tertiary/aromatic N) is 3. The smallest absolute Gasteiger partial charge is 0.258 e. The van der Waals surface area contributed by atoms with Crippen LogP contribution in [0.15, 0.2) is 51.6 Å². The summed E-state index contributed by atoms with van der Waals surface area (Å²) in [5.74, 6) is 1.16. The Bertz CT molecular complexity index is 1180. The van der Waals surface area contributed by atoms with Gasteiger partial charge in [0.25, 0.3) is 5.56 Å². The van der Waals surface area contributed by atoms with Crippen molar-refractivity contribution in [3.05, 3.63) is 69.8 Å². The third kappa shape index (κ3) is 3.93. The van der Waals surface area contributed by atoms with Gasteiger partial charge in [-0.3, -0.25) is 4.79 Å². The molecule has 0 fully saturated rings. The second-order valence-corrected chi connectivity index (χ2v) is 8.48. The van der Waals surface area contributed by atoms with Crippen molar-refractivity contribution in [3.63, 3.8) is 0 Å². The summed E-state index contributed by atoms with van der Waals surface area (Å²) in [6.45, 7) is 4.09. The van der Waals surface area contributed by atoms with E-state index < -0.39 is 0 Å². The zero-order valence-electron chi connectivity index (χ0n) is 15.5. The lowest BCUT2D eigenvalue weighted by Gasteiger charge is -2.07. The summed E-state index contributed by atoms with van der Waals surface area (Å²) in [7, 11) is 0. The predicted molar refractivity (Wildman–Crippen MR) is 116 cm³/mol. The van der Waals surface area contributed by atoms with Crippen molar-refractivity contribution in [3.8, 4) is 0 Å². The maximum atomic E-state index is 12.3. The van der Waals surface area contributed by atoms with Gasteiger partial charge in [-0.1, -0.05) is 60.4 Å². The number of aromatic amines is 1. The Kier molecular flexibility index (Phi) is 5.40. The number of thioether (sulfide) groups is 1. The number of anilines is 2. The lowest BCUT2D eigenvalue weighted by molar-refractivity contribution is 1.00. The molecule has 0 spiro atoms. The van der Waals surface area contributed by atoms with E-state index in [0.29, 0.717) is 17.0 Å². The maximum absolute atomic E-state index is 12.3. The summed E-state index contributed by atoms with van der Waals surface area (Å²) in [5.41, 5.74) is 3.92. The first kappa shape index (κ1) is 18.6. The molecule has 0 aliphatic carbocycles. The van der Waals surface area contributed by atoms with E-state index in [4.69, 9.17) is 0 Å². The van der Waals surface area contributed by atoms with Crippen molar-refractivity contribution >= 4 is 44.8 Å². The van der Waals surface area contributed by atoms with Gasteiger partial charge in [0, 0.05) is 5.69 Å². The minimum Gasteiger partial charge on any atom is -0.330 e. The van der Waals surface area contributed by atoms with Gasteiger partial charge in [0.15, 0.2) is 4.34 Å². The van der Waals surface area contributed by atoms with E-state index in [1.165, 1.54) is 28.7 Å². The third-order valence-electron chi connectivity index (χ3n) is 4.37. The van der Waals surface area contributed by atoms with Gasteiger partial charge >= 0.3 is 0 Å². The molecule has 0 aliphatic heterocycles. The van der Waals surface area contributed by atoms with E-state index in [9.17, 15) is 4.79 Å². The molecule has 2 aromatic heterocycles. The molecular weight excluding hydrogens is 390 g/mol. The number of hydrogen-bond donors (Lipinski definition) is 2. The second kappa shape index (κ2) is 8.12. The third-order valence-corrected chi connectivity index (χ3v) is 6.35. The van der Waals surface area contributed by atoms with Crippen molar-refractivity contribution in [1.29, 1.82) is 0 Å². The van der Waals surface area contributed by atoms with Crippen molar-refractivity contribution in [2.45, 2.75) is 30.4 Å². The Morgan fingerprint density at radius 3 is 2.86 bits per heavy atom. The minimum absolute atomic E-state index is 0.111. The normalized spacial score (nSPS) is 11.1. The summed E-state index contributed by atoms with van der Waals surface area (Å²) >= 11 is 3.00. The predicted octanol–water partition coefficient (Wildman–Crippen LogP) is 4.68. The monoisotopic (exact) mass is 409 g/mol. The standard InChI is InChI=1S/C20H19N5OS2/c1-3-13-8-4-5-10-15(13)21-19-24-25-20(28-19)27-11-16-22-17-12(2)7-6-9-14(17)18(26)23-16/h4-10H,3,11H2,1-2H3,(H,21,24)(H,22,23,26). The van der Waals surface area contributed by atoms with E-state index >= 15 is 0 Å². The number of aromatic nitrogens is 4. The van der Waals surface area contributed by atoms with E-state index in [-0.39, 0.29) is 5.56 Å². The molecule has 0 aliphatic rings. The zero-order valence-corrected chi connectivity index (χ0v) is 17.2. The van der Waals surface area contributed by atoms with Crippen LogP contribution in [0, 0.1) is 6.92 Å². The van der Waals surface area contributed by atoms with Crippen molar-refractivity contribution in [2.75, 3.05) is 5.32 Å². The van der Waals surface area contributed by atoms with Gasteiger partial charge in [-0.15, -0.1) is 10.2 Å². The van der Waals surface area contributed by atoms with Gasteiger partial charge in [0.05, 0.1) is 16.7 Å². The molecule has 2 heterocycles. The first-order chi connectivity index (χ1) is 13.6. The number of nitrogens with one attached hydrogen (secondary N) is 2. The van der Waals surface area contributed by atoms with Gasteiger partial charge in [-0.05, 0) is 36.6 Å². The molecule has 0 radical (unpaired) electrons. The Labute approximate surface area is 170 Å². The molecule has 2 aromatic carbocycles. The van der Waals surface area contributed by atoms with E-state index in [1.54, 1.807) is 6.07 Å². The van der Waals surface area contributed by atoms with E-state index in [2.05, 4.69) is 38.5 Å². The van der Waals surface area contributed by atoms with Crippen LogP contribution in [0.1, 0.15) is 23.9 Å². The molecule has 0 unspecified atom stereocenters. The van der Waals surface area contributed by atoms with Crippen LogP contribution in [0.25, 0.3) is 10.9 Å². The highest BCUT2D eigenvalue weighted by molar-refractivity contribution is 8.00. The first-order valence-corrected chi connectivity index (χ1v) is 10.7. The molecule has 0 atom stereocenters. The number of H-pyrrole nitrogens is 1. The molecule has 142 valence electrons. The van der Waals surface area contributed by atoms with Crippen LogP contribution in [0.3, 0.4) is 0 Å². The van der Waals surface area contributed by atoms with Crippen molar-refractivity contribution in [1.82, 2.24) is 20.2 Å². The summed E-state index contributed by atoms with van der Waals surface area (Å²) in [4.78, 5) is 19.8. The topological polar surface area (TPSA) is 83.6 Å². The van der Waals surface area contributed by atoms with Crippen LogP contribution in [0.4, 0.5) is 10.8 Å². The lowest BCUT2D eigenvalue weighted by atomic mass is 10.1. The Balaban J connectivity index is 1.48. The average molecular weight is 410 g/mol. The van der Waals surface area contributed by atoms with Crippen LogP contribution in [-0.4, -0.2) is 20.2 Å². The molecule has 0 bridgehead atoms. The number of benzene rings is 2. The molecule has 0 saturated carbocycles. The van der Waals surface area contributed by atoms with Crippen LogP contribution in [0.5, 0.6) is 0 Å². The fourth-order valence-corrected chi connectivity index (χ4v) is 4.57. The van der Waals surface area contributed by atoms with E-state index in [1.807, 2.05) is 37.3 Å². The zero-order chi connectivity index (χ0) is 19.5. The van der Waals surface area contributed by atoms with Crippen molar-refractivity contribution < 1.29 is 0 Å². The molecule has 4 rings (SSSR count). The van der Waals surface area contributed by atoms with Crippen LogP contribution in [-0.2, 0) is 12.2 Å². The molecule has 28 heavy (non-hydrogen) atoms. The summed E-state index contributed by atoms with van der Waals surface area (Å²) in [5, 5.41) is 13.2. The fourth-order valence-electron chi connectivity index (χ4n) is 2.93. The number of rotatable bonds is 6. The molecule has 0 amide bonds. The Hall–Kier alpha value is -2.71. The highest BCUT2D eigenvalue weighted by atomic mass is 32.2. The molecule has 6 nitrogen and oxygen atoms in total. The number of aryl methyl sites for hydroxylation is 2. The lowest BCUT2D eigenvalue weighted by Crippen LogP contribution is -2.11.